The average molecular weight is 382 g/mol. The maximum Gasteiger partial charge on any atom is 0.260 e. The second-order valence-electron chi connectivity index (χ2n) is 6.91. The normalized spacial score (nSPS) is 16.1. The van der Waals surface area contributed by atoms with Crippen LogP contribution in [0.4, 0.5) is 0 Å². The van der Waals surface area contributed by atoms with Crippen LogP contribution >= 0.6 is 11.3 Å². The lowest BCUT2D eigenvalue weighted by atomic mass is 9.89. The van der Waals surface area contributed by atoms with Crippen molar-refractivity contribution in [3.63, 3.8) is 0 Å². The molecule has 3 aromatic rings. The Morgan fingerprint density at radius 1 is 1.41 bits per heavy atom. The number of nitrogens with zero attached hydrogens (tertiary/aromatic N) is 1. The van der Waals surface area contributed by atoms with Gasteiger partial charge in [-0.15, -0.1) is 11.3 Å². The number of nitrogens with one attached hydrogen (secondary N) is 1. The molecule has 6 heteroatoms. The van der Waals surface area contributed by atoms with Crippen LogP contribution in [0.25, 0.3) is 21.6 Å². The van der Waals surface area contributed by atoms with Gasteiger partial charge in [-0.1, -0.05) is 19.6 Å². The lowest BCUT2D eigenvalue weighted by molar-refractivity contribution is 0.326. The van der Waals surface area contributed by atoms with Crippen LogP contribution < -0.4 is 15.0 Å². The van der Waals surface area contributed by atoms with E-state index in [-0.39, 0.29) is 5.56 Å². The van der Waals surface area contributed by atoms with Crippen LogP contribution in [0.2, 0.25) is 0 Å². The Labute approximate surface area is 161 Å². The number of methoxy groups -OCH3 is 1. The van der Waals surface area contributed by atoms with Gasteiger partial charge in [0.2, 0.25) is 0 Å². The molecule has 1 atom stereocenters. The Kier molecular flexibility index (Phi) is 4.74. The first-order chi connectivity index (χ1) is 13.1. The van der Waals surface area contributed by atoms with E-state index in [1.807, 2.05) is 18.2 Å². The van der Waals surface area contributed by atoms with Crippen LogP contribution in [0.5, 0.6) is 11.5 Å². The molecule has 0 aliphatic heterocycles. The molecule has 1 aliphatic carbocycles. The molecule has 1 N–H and O–H groups in total. The number of hydrogen-bond donors (Lipinski definition) is 1. The first kappa shape index (κ1) is 17.8. The van der Waals surface area contributed by atoms with Crippen LogP contribution in [0, 0.1) is 5.92 Å². The van der Waals surface area contributed by atoms with E-state index in [2.05, 4.69) is 18.5 Å². The smallest absolute Gasteiger partial charge is 0.260 e. The second kappa shape index (κ2) is 7.19. The fourth-order valence-corrected chi connectivity index (χ4v) is 4.95. The van der Waals surface area contributed by atoms with Crippen molar-refractivity contribution in [1.29, 1.82) is 0 Å². The quantitative estimate of drug-likeness (QED) is 0.666. The van der Waals surface area contributed by atoms with Crippen LogP contribution in [0.3, 0.4) is 0 Å². The van der Waals surface area contributed by atoms with E-state index in [9.17, 15) is 4.79 Å². The zero-order chi connectivity index (χ0) is 19.0. The van der Waals surface area contributed by atoms with Crippen molar-refractivity contribution < 1.29 is 9.47 Å². The van der Waals surface area contributed by atoms with E-state index in [1.54, 1.807) is 24.5 Å². The number of ether oxygens (including phenoxy) is 2. The molecule has 140 valence electrons. The highest BCUT2D eigenvalue weighted by Gasteiger charge is 2.23. The number of fused-ring (bicyclic) bond motifs is 3. The summed E-state index contributed by atoms with van der Waals surface area (Å²) in [7, 11) is 1.59. The molecule has 1 aromatic carbocycles. The Morgan fingerprint density at radius 2 is 2.26 bits per heavy atom. The summed E-state index contributed by atoms with van der Waals surface area (Å²) in [6.07, 6.45) is 4.81. The van der Waals surface area contributed by atoms with Gasteiger partial charge < -0.3 is 14.5 Å². The molecule has 27 heavy (non-hydrogen) atoms. The molecule has 2 heterocycles. The summed E-state index contributed by atoms with van der Waals surface area (Å²) in [6, 6.07) is 5.53. The predicted molar refractivity (Wildman–Crippen MR) is 109 cm³/mol. The number of thiophene rings is 1. The molecule has 4 rings (SSSR count). The summed E-state index contributed by atoms with van der Waals surface area (Å²) in [5.41, 5.74) is 1.92. The summed E-state index contributed by atoms with van der Waals surface area (Å²) in [5.74, 6) is 2.44. The Bertz CT molecular complexity index is 1070. The lowest BCUT2D eigenvalue weighted by Crippen LogP contribution is -2.13. The highest BCUT2D eigenvalue weighted by molar-refractivity contribution is 7.18. The Hall–Kier alpha value is -2.60. The molecular formula is C21H22N2O3S. The van der Waals surface area contributed by atoms with Gasteiger partial charge in [0.05, 0.1) is 12.5 Å². The summed E-state index contributed by atoms with van der Waals surface area (Å²) < 4.78 is 11.0. The largest absolute Gasteiger partial charge is 0.493 e. The van der Waals surface area contributed by atoms with E-state index in [1.165, 1.54) is 10.4 Å². The number of aromatic nitrogens is 2. The third kappa shape index (κ3) is 3.25. The zero-order valence-electron chi connectivity index (χ0n) is 15.5. The van der Waals surface area contributed by atoms with Gasteiger partial charge in [0.1, 0.15) is 17.3 Å². The first-order valence-electron chi connectivity index (χ1n) is 9.07. The molecule has 1 aliphatic rings. The maximum atomic E-state index is 12.8. The van der Waals surface area contributed by atoms with Gasteiger partial charge in [-0.2, -0.15) is 0 Å². The standard InChI is InChI=1S/C21H22N2O3S/c1-4-9-26-15-8-6-13(11-16(15)25-3)19-22-20(24)18-14-7-5-12(2)10-17(14)27-21(18)23-19/h4,6,8,11-12H,1,5,7,9-10H2,2-3H3,(H,22,23,24)/t12-/m0/s1. The number of rotatable bonds is 5. The third-order valence-electron chi connectivity index (χ3n) is 4.96. The Balaban J connectivity index is 1.78. The number of H-pyrrole nitrogens is 1. The fraction of sp³-hybridized carbons (Fsp3) is 0.333. The van der Waals surface area contributed by atoms with Crippen molar-refractivity contribution >= 4 is 21.6 Å². The van der Waals surface area contributed by atoms with E-state index in [0.717, 1.165) is 35.0 Å². The summed E-state index contributed by atoms with van der Waals surface area (Å²) in [4.78, 5) is 22.6. The number of benzene rings is 1. The molecule has 0 saturated carbocycles. The number of aromatic amines is 1. The highest BCUT2D eigenvalue weighted by Crippen LogP contribution is 2.37. The molecule has 0 fully saturated rings. The third-order valence-corrected chi connectivity index (χ3v) is 6.11. The van der Waals surface area contributed by atoms with Gasteiger partial charge in [-0.05, 0) is 48.9 Å². The van der Waals surface area contributed by atoms with Gasteiger partial charge in [-0.25, -0.2) is 4.98 Å². The minimum absolute atomic E-state index is 0.0620. The molecule has 0 radical (unpaired) electrons. The number of hydrogen-bond acceptors (Lipinski definition) is 5. The molecule has 2 aromatic heterocycles. The minimum atomic E-state index is -0.0620. The minimum Gasteiger partial charge on any atom is -0.493 e. The van der Waals surface area contributed by atoms with Crippen LogP contribution in [0.1, 0.15) is 23.8 Å². The second-order valence-corrected chi connectivity index (χ2v) is 8.00. The van der Waals surface area contributed by atoms with Gasteiger partial charge >= 0.3 is 0 Å². The lowest BCUT2D eigenvalue weighted by Gasteiger charge is -2.17. The van der Waals surface area contributed by atoms with Crippen LogP contribution in [-0.2, 0) is 12.8 Å². The topological polar surface area (TPSA) is 64.2 Å². The van der Waals surface area contributed by atoms with Crippen molar-refractivity contribution in [2.24, 2.45) is 5.92 Å². The molecular weight excluding hydrogens is 360 g/mol. The van der Waals surface area contributed by atoms with Crippen molar-refractivity contribution in [2.75, 3.05) is 13.7 Å². The highest BCUT2D eigenvalue weighted by atomic mass is 32.1. The van der Waals surface area contributed by atoms with Crippen molar-refractivity contribution in [3.8, 4) is 22.9 Å². The molecule has 0 unspecified atom stereocenters. The summed E-state index contributed by atoms with van der Waals surface area (Å²) in [6.45, 7) is 6.31. The zero-order valence-corrected chi connectivity index (χ0v) is 16.3. The van der Waals surface area contributed by atoms with Crippen molar-refractivity contribution in [3.05, 3.63) is 51.6 Å². The molecule has 5 nitrogen and oxygen atoms in total. The van der Waals surface area contributed by atoms with Crippen LogP contribution in [0.15, 0.2) is 35.6 Å². The molecule has 0 bridgehead atoms. The van der Waals surface area contributed by atoms with Gasteiger partial charge in [-0.3, -0.25) is 4.79 Å². The van der Waals surface area contributed by atoms with Crippen molar-refractivity contribution in [1.82, 2.24) is 9.97 Å². The fourth-order valence-electron chi connectivity index (χ4n) is 3.57. The monoisotopic (exact) mass is 382 g/mol. The van der Waals surface area contributed by atoms with E-state index in [0.29, 0.717) is 29.8 Å². The number of aryl methyl sites for hydroxylation is 1. The predicted octanol–water partition coefficient (Wildman–Crippen LogP) is 4.35. The average Bonchev–Trinajstić information content (AvgIpc) is 3.03. The van der Waals surface area contributed by atoms with Crippen LogP contribution in [-0.4, -0.2) is 23.7 Å². The van der Waals surface area contributed by atoms with E-state index < -0.39 is 0 Å². The summed E-state index contributed by atoms with van der Waals surface area (Å²) in [5, 5.41) is 0.767. The summed E-state index contributed by atoms with van der Waals surface area (Å²) >= 11 is 1.65. The molecule has 0 saturated heterocycles. The van der Waals surface area contributed by atoms with Gasteiger partial charge in [0.15, 0.2) is 11.5 Å². The maximum absolute atomic E-state index is 12.8. The van der Waals surface area contributed by atoms with E-state index >= 15 is 0 Å². The molecule has 0 amide bonds. The van der Waals surface area contributed by atoms with E-state index in [4.69, 9.17) is 14.5 Å². The molecule has 0 spiro atoms. The Morgan fingerprint density at radius 3 is 3.04 bits per heavy atom. The first-order valence-corrected chi connectivity index (χ1v) is 9.89. The van der Waals surface area contributed by atoms with Gasteiger partial charge in [0, 0.05) is 10.4 Å². The van der Waals surface area contributed by atoms with Crippen molar-refractivity contribution in [2.45, 2.75) is 26.2 Å². The SMILES string of the molecule is C=CCOc1ccc(-c2nc3sc4c(c3c(=O)[nH]2)CC[C@H](C)C4)cc1OC. The van der Waals surface area contributed by atoms with Gasteiger partial charge in [0.25, 0.3) is 5.56 Å².